The number of halogens is 1. The number of rotatable bonds is 3. The van der Waals surface area contributed by atoms with Crippen LogP contribution in [0.4, 0.5) is 0 Å². The Morgan fingerprint density at radius 2 is 1.87 bits per heavy atom. The summed E-state index contributed by atoms with van der Waals surface area (Å²) in [4.78, 5) is 10.8. The van der Waals surface area contributed by atoms with E-state index >= 15 is 0 Å². The molecule has 0 saturated carbocycles. The zero-order valence-corrected chi connectivity index (χ0v) is 15.0. The monoisotopic (exact) mass is 412 g/mol. The molecule has 0 N–H and O–H groups in total. The first-order valence-electron chi connectivity index (χ1n) is 4.64. The fourth-order valence-corrected chi connectivity index (χ4v) is 6.82. The second kappa shape index (κ2) is 6.28. The second-order valence-electron chi connectivity index (χ2n) is 3.13. The standard InChI is InChI=1S/C11H11O2.ClH.Hg/c1-9(13-10(2)12)8-11-6-4-3-5-7-11;;/h3-7H,1-2H3;1H;/q;;+1/p-1. The molecule has 1 aromatic rings. The first-order valence-corrected chi connectivity index (χ1v) is 14.2. The molecule has 2 nitrogen and oxygen atoms in total. The molecule has 0 atom stereocenters. The molecule has 0 unspecified atom stereocenters. The van der Waals surface area contributed by atoms with E-state index in [2.05, 4.69) is 0 Å². The average molecular weight is 411 g/mol. The van der Waals surface area contributed by atoms with Gasteiger partial charge in [-0.25, -0.2) is 0 Å². The van der Waals surface area contributed by atoms with E-state index in [1.54, 1.807) is 6.92 Å². The van der Waals surface area contributed by atoms with Crippen molar-refractivity contribution in [3.63, 3.8) is 0 Å². The average Bonchev–Trinajstić information content (AvgIpc) is 2.19. The molecule has 0 aliphatic rings. The second-order valence-corrected chi connectivity index (χ2v) is 9.26. The van der Waals surface area contributed by atoms with Crippen molar-refractivity contribution in [2.24, 2.45) is 0 Å². The summed E-state index contributed by atoms with van der Waals surface area (Å²) in [5.41, 5.74) is 1.08. The SMILES string of the molecule is CC(=O)O/C(C)=[C](\[Hg][Cl])c1ccccc1. The molecular formula is C11H11ClHgO2. The maximum absolute atomic E-state index is 10.8. The van der Waals surface area contributed by atoms with Gasteiger partial charge in [0.15, 0.2) is 0 Å². The van der Waals surface area contributed by atoms with Gasteiger partial charge in [0.1, 0.15) is 0 Å². The number of benzene rings is 1. The van der Waals surface area contributed by atoms with Crippen molar-refractivity contribution in [2.45, 2.75) is 13.8 Å². The summed E-state index contributed by atoms with van der Waals surface area (Å²) in [7, 11) is 6.05. The van der Waals surface area contributed by atoms with Gasteiger partial charge in [-0.2, -0.15) is 0 Å². The van der Waals surface area contributed by atoms with Crippen LogP contribution in [0.5, 0.6) is 0 Å². The van der Waals surface area contributed by atoms with Crippen molar-refractivity contribution in [1.29, 1.82) is 0 Å². The van der Waals surface area contributed by atoms with Crippen LogP contribution in [0.3, 0.4) is 0 Å². The molecule has 0 saturated heterocycles. The van der Waals surface area contributed by atoms with Crippen molar-refractivity contribution in [3.8, 4) is 0 Å². The first-order chi connectivity index (χ1) is 7.15. The maximum atomic E-state index is 10.8. The first kappa shape index (κ1) is 12.7. The van der Waals surface area contributed by atoms with Crippen molar-refractivity contribution >= 4 is 17.3 Å². The Labute approximate surface area is 105 Å². The summed E-state index contributed by atoms with van der Waals surface area (Å²) < 4.78 is 6.13. The quantitative estimate of drug-likeness (QED) is 0.434. The van der Waals surface area contributed by atoms with Crippen LogP contribution in [0.15, 0.2) is 36.1 Å². The Kier molecular flexibility index (Phi) is 5.33. The molecule has 0 aliphatic carbocycles. The van der Waals surface area contributed by atoms with Crippen molar-refractivity contribution in [1.82, 2.24) is 0 Å². The Bertz CT molecular complexity index is 373. The molecule has 4 heteroatoms. The van der Waals surface area contributed by atoms with Crippen LogP contribution in [0.1, 0.15) is 19.4 Å². The van der Waals surface area contributed by atoms with Crippen molar-refractivity contribution < 1.29 is 32.9 Å². The predicted molar refractivity (Wildman–Crippen MR) is 56.7 cm³/mol. The number of hydrogen-bond donors (Lipinski definition) is 0. The molecule has 0 amide bonds. The molecule has 1 aromatic carbocycles. The third-order valence-electron chi connectivity index (χ3n) is 1.98. The number of allylic oxidation sites excluding steroid dienone is 1. The molecule has 0 aliphatic heterocycles. The number of carbonyl (C=O) groups is 1. The fourth-order valence-electron chi connectivity index (χ4n) is 1.29. The van der Waals surface area contributed by atoms with Gasteiger partial charge >= 0.3 is 106 Å². The van der Waals surface area contributed by atoms with E-state index in [4.69, 9.17) is 13.0 Å². The summed E-state index contributed by atoms with van der Waals surface area (Å²) in [5.74, 6) is 0.366. The Morgan fingerprint density at radius 1 is 1.27 bits per heavy atom. The van der Waals surface area contributed by atoms with Crippen LogP contribution in [-0.2, 0) is 32.9 Å². The van der Waals surface area contributed by atoms with E-state index in [1.807, 2.05) is 30.3 Å². The van der Waals surface area contributed by atoms with Gasteiger partial charge in [-0.15, -0.1) is 0 Å². The predicted octanol–water partition coefficient (Wildman–Crippen LogP) is 3.17. The molecular weight excluding hydrogens is 400 g/mol. The topological polar surface area (TPSA) is 26.3 Å². The Hall–Kier alpha value is -0.345. The minimum atomic E-state index is -1.61. The van der Waals surface area contributed by atoms with Gasteiger partial charge < -0.3 is 0 Å². The van der Waals surface area contributed by atoms with E-state index < -0.39 is 23.3 Å². The molecule has 1 rings (SSSR count). The van der Waals surface area contributed by atoms with Crippen LogP contribution < -0.4 is 0 Å². The van der Waals surface area contributed by atoms with Gasteiger partial charge in [0, 0.05) is 0 Å². The third-order valence-corrected chi connectivity index (χ3v) is 8.88. The number of ether oxygens (including phenoxy) is 1. The van der Waals surface area contributed by atoms with Crippen LogP contribution >= 0.6 is 8.25 Å². The van der Waals surface area contributed by atoms with E-state index in [1.165, 1.54) is 6.92 Å². The summed E-state index contributed by atoms with van der Waals surface area (Å²) in [6.45, 7) is 3.20. The van der Waals surface area contributed by atoms with Crippen molar-refractivity contribution in [2.75, 3.05) is 0 Å². The summed E-state index contributed by atoms with van der Waals surface area (Å²) in [6.07, 6.45) is 0. The normalized spacial score (nSPS) is 11.4. The van der Waals surface area contributed by atoms with Crippen LogP contribution in [-0.4, -0.2) is 5.97 Å². The molecule has 0 spiro atoms. The molecule has 0 fully saturated rings. The van der Waals surface area contributed by atoms with Crippen LogP contribution in [0.25, 0.3) is 3.08 Å². The van der Waals surface area contributed by atoms with Gasteiger partial charge in [-0.05, 0) is 0 Å². The molecule has 0 aromatic heterocycles. The van der Waals surface area contributed by atoms with E-state index in [0.717, 1.165) is 8.65 Å². The molecule has 15 heavy (non-hydrogen) atoms. The van der Waals surface area contributed by atoms with E-state index in [9.17, 15) is 4.79 Å². The molecule has 0 heterocycles. The third kappa shape index (κ3) is 3.96. The summed E-state index contributed by atoms with van der Waals surface area (Å²) >= 11 is -1.61. The van der Waals surface area contributed by atoms with E-state index in [-0.39, 0.29) is 5.97 Å². The molecule has 0 bridgehead atoms. The number of esters is 1. The zero-order chi connectivity index (χ0) is 11.3. The van der Waals surface area contributed by atoms with Gasteiger partial charge in [0.2, 0.25) is 0 Å². The minimum absolute atomic E-state index is 0.292. The molecule has 76 valence electrons. The zero-order valence-electron chi connectivity index (χ0n) is 8.79. The van der Waals surface area contributed by atoms with E-state index in [0.29, 0.717) is 5.76 Å². The van der Waals surface area contributed by atoms with Gasteiger partial charge in [-0.3, -0.25) is 0 Å². The fraction of sp³-hybridized carbons (Fsp3) is 0.182. The number of carbonyl (C=O) groups excluding carboxylic acids is 1. The van der Waals surface area contributed by atoms with Gasteiger partial charge in [0.05, 0.1) is 0 Å². The Morgan fingerprint density at radius 3 is 2.33 bits per heavy atom. The summed E-state index contributed by atoms with van der Waals surface area (Å²) in [5, 5.41) is 0. The Balaban J connectivity index is 3.02. The number of hydrogen-bond acceptors (Lipinski definition) is 2. The molecule has 0 radical (unpaired) electrons. The van der Waals surface area contributed by atoms with Crippen LogP contribution in [0.2, 0.25) is 0 Å². The summed E-state index contributed by atoms with van der Waals surface area (Å²) in [6, 6.07) is 9.84. The van der Waals surface area contributed by atoms with Crippen molar-refractivity contribution in [3.05, 3.63) is 41.7 Å². The van der Waals surface area contributed by atoms with Gasteiger partial charge in [-0.1, -0.05) is 0 Å². The van der Waals surface area contributed by atoms with Gasteiger partial charge in [0.25, 0.3) is 0 Å². The van der Waals surface area contributed by atoms with Crippen LogP contribution in [0, 0.1) is 0 Å².